The van der Waals surface area contributed by atoms with Crippen LogP contribution in [0.5, 0.6) is 0 Å². The van der Waals surface area contributed by atoms with Crippen LogP contribution in [0.1, 0.15) is 19.3 Å². The van der Waals surface area contributed by atoms with Crippen molar-refractivity contribution in [3.63, 3.8) is 0 Å². The monoisotopic (exact) mass is 302 g/mol. The molecule has 0 aliphatic carbocycles. The van der Waals surface area contributed by atoms with Crippen LogP contribution in [0.15, 0.2) is 0 Å². The number of urea groups is 1. The molecule has 9 nitrogen and oxygen atoms in total. The lowest BCUT2D eigenvalue weighted by Gasteiger charge is -2.32. The maximum absolute atomic E-state index is 11.7. The Kier molecular flexibility index (Phi) is 6.89. The zero-order valence-electron chi connectivity index (χ0n) is 12.0. The second-order valence-electron chi connectivity index (χ2n) is 5.05. The molecule has 1 atom stereocenters. The standard InChI is InChI=1S/C12H22N4O5/c1-15-5-7-16(8-6-15)14-12(21)13-9(11(19)20)3-2-4-10(17)18/h9H,2-8H2,1H3,(H,17,18)(H,19,20)(H2,13,14,21)/t9-/m1/s1. The van der Waals surface area contributed by atoms with Gasteiger partial charge in [0.25, 0.3) is 0 Å². The molecule has 0 aromatic carbocycles. The molecule has 0 radical (unpaired) electrons. The molecule has 120 valence electrons. The van der Waals surface area contributed by atoms with Crippen LogP contribution >= 0.6 is 0 Å². The highest BCUT2D eigenvalue weighted by Crippen LogP contribution is 2.02. The Labute approximate surface area is 122 Å². The van der Waals surface area contributed by atoms with Gasteiger partial charge in [0.15, 0.2) is 0 Å². The van der Waals surface area contributed by atoms with E-state index in [1.807, 2.05) is 7.05 Å². The van der Waals surface area contributed by atoms with Gasteiger partial charge in [0.05, 0.1) is 0 Å². The molecule has 9 heteroatoms. The number of hydrazine groups is 1. The second kappa shape index (κ2) is 8.42. The number of piperazine rings is 1. The van der Waals surface area contributed by atoms with E-state index in [1.165, 1.54) is 0 Å². The van der Waals surface area contributed by atoms with Crippen LogP contribution < -0.4 is 10.7 Å². The lowest BCUT2D eigenvalue weighted by Crippen LogP contribution is -2.56. The molecule has 0 spiro atoms. The molecule has 0 saturated carbocycles. The van der Waals surface area contributed by atoms with Gasteiger partial charge in [-0.3, -0.25) is 10.2 Å². The molecule has 1 fully saturated rings. The first-order valence-corrected chi connectivity index (χ1v) is 6.83. The van der Waals surface area contributed by atoms with Crippen molar-refractivity contribution in [3.8, 4) is 0 Å². The van der Waals surface area contributed by atoms with Gasteiger partial charge >= 0.3 is 18.0 Å². The van der Waals surface area contributed by atoms with E-state index in [0.29, 0.717) is 13.1 Å². The number of carbonyl (C=O) groups excluding carboxylic acids is 1. The minimum Gasteiger partial charge on any atom is -0.481 e. The summed E-state index contributed by atoms with van der Waals surface area (Å²) < 4.78 is 0. The molecule has 1 saturated heterocycles. The Morgan fingerprint density at radius 2 is 1.76 bits per heavy atom. The Morgan fingerprint density at radius 1 is 1.14 bits per heavy atom. The van der Waals surface area contributed by atoms with Gasteiger partial charge in [0.2, 0.25) is 0 Å². The summed E-state index contributed by atoms with van der Waals surface area (Å²) in [5, 5.41) is 21.6. The van der Waals surface area contributed by atoms with E-state index in [0.717, 1.165) is 13.1 Å². The maximum Gasteiger partial charge on any atom is 0.330 e. The molecule has 1 aliphatic heterocycles. The molecular weight excluding hydrogens is 280 g/mol. The third kappa shape index (κ3) is 6.91. The molecule has 0 aromatic heterocycles. The highest BCUT2D eigenvalue weighted by atomic mass is 16.4. The third-order valence-electron chi connectivity index (χ3n) is 3.25. The first kappa shape index (κ1) is 17.2. The Morgan fingerprint density at radius 3 is 2.29 bits per heavy atom. The fourth-order valence-corrected chi connectivity index (χ4v) is 1.97. The van der Waals surface area contributed by atoms with Crippen LogP contribution in [0.2, 0.25) is 0 Å². The van der Waals surface area contributed by atoms with Crippen LogP contribution in [-0.4, -0.2) is 77.4 Å². The van der Waals surface area contributed by atoms with Crippen LogP contribution in [0.4, 0.5) is 4.79 Å². The Bertz CT molecular complexity index is 382. The summed E-state index contributed by atoms with van der Waals surface area (Å²) in [6.45, 7) is 2.98. The number of hydrogen-bond donors (Lipinski definition) is 4. The van der Waals surface area contributed by atoms with Crippen LogP contribution in [0.3, 0.4) is 0 Å². The van der Waals surface area contributed by atoms with Crippen molar-refractivity contribution < 1.29 is 24.6 Å². The SMILES string of the molecule is CN1CCN(NC(=O)N[C@H](CCCC(=O)O)C(=O)O)CC1. The smallest absolute Gasteiger partial charge is 0.330 e. The summed E-state index contributed by atoms with van der Waals surface area (Å²) in [7, 11) is 1.99. The van der Waals surface area contributed by atoms with E-state index < -0.39 is 24.0 Å². The first-order valence-electron chi connectivity index (χ1n) is 6.83. The maximum atomic E-state index is 11.7. The van der Waals surface area contributed by atoms with Crippen molar-refractivity contribution in [2.75, 3.05) is 33.2 Å². The zero-order chi connectivity index (χ0) is 15.8. The molecule has 1 aliphatic rings. The number of rotatable bonds is 7. The number of carbonyl (C=O) groups is 3. The molecular formula is C12H22N4O5. The van der Waals surface area contributed by atoms with E-state index >= 15 is 0 Å². The van der Waals surface area contributed by atoms with Crippen molar-refractivity contribution in [2.45, 2.75) is 25.3 Å². The summed E-state index contributed by atoms with van der Waals surface area (Å²) in [6, 6.07) is -1.67. The van der Waals surface area contributed by atoms with E-state index in [2.05, 4.69) is 15.6 Å². The fraction of sp³-hybridized carbons (Fsp3) is 0.750. The number of likely N-dealkylation sites (N-methyl/N-ethyl adjacent to an activating group) is 1. The summed E-state index contributed by atoms with van der Waals surface area (Å²) in [5.41, 5.74) is 2.60. The quantitative estimate of drug-likeness (QED) is 0.483. The lowest BCUT2D eigenvalue weighted by molar-refractivity contribution is -0.140. The molecule has 0 aromatic rings. The molecule has 1 rings (SSSR count). The average molecular weight is 302 g/mol. The number of carboxylic acids is 2. The van der Waals surface area contributed by atoms with E-state index in [4.69, 9.17) is 10.2 Å². The molecule has 2 amide bonds. The Hall–Kier alpha value is -1.87. The fourth-order valence-electron chi connectivity index (χ4n) is 1.97. The Balaban J connectivity index is 2.34. The largest absolute Gasteiger partial charge is 0.481 e. The number of nitrogens with one attached hydrogen (secondary N) is 2. The van der Waals surface area contributed by atoms with Gasteiger partial charge in [0, 0.05) is 32.6 Å². The number of hydrogen-bond acceptors (Lipinski definition) is 5. The first-order chi connectivity index (χ1) is 9.88. The molecule has 21 heavy (non-hydrogen) atoms. The lowest BCUT2D eigenvalue weighted by atomic mass is 10.1. The van der Waals surface area contributed by atoms with Crippen LogP contribution in [0.25, 0.3) is 0 Å². The van der Waals surface area contributed by atoms with E-state index in [-0.39, 0.29) is 19.3 Å². The van der Waals surface area contributed by atoms with Crippen molar-refractivity contribution in [1.82, 2.24) is 20.7 Å². The van der Waals surface area contributed by atoms with Crippen molar-refractivity contribution in [2.24, 2.45) is 0 Å². The highest BCUT2D eigenvalue weighted by Gasteiger charge is 2.22. The minimum absolute atomic E-state index is 0.0811. The summed E-state index contributed by atoms with van der Waals surface area (Å²) >= 11 is 0. The highest BCUT2D eigenvalue weighted by molar-refractivity contribution is 5.82. The number of carboxylic acid groups (broad SMARTS) is 2. The van der Waals surface area contributed by atoms with Gasteiger partial charge in [-0.25, -0.2) is 14.6 Å². The minimum atomic E-state index is -1.17. The number of amides is 2. The van der Waals surface area contributed by atoms with Crippen LogP contribution in [-0.2, 0) is 9.59 Å². The van der Waals surface area contributed by atoms with Gasteiger partial charge in [0.1, 0.15) is 6.04 Å². The van der Waals surface area contributed by atoms with Gasteiger partial charge in [-0.05, 0) is 19.9 Å². The predicted octanol–water partition coefficient (Wildman–Crippen LogP) is -0.844. The molecule has 0 bridgehead atoms. The summed E-state index contributed by atoms with van der Waals surface area (Å²) in [4.78, 5) is 35.3. The third-order valence-corrected chi connectivity index (χ3v) is 3.25. The molecule has 0 unspecified atom stereocenters. The van der Waals surface area contributed by atoms with Gasteiger partial charge in [-0.2, -0.15) is 0 Å². The second-order valence-corrected chi connectivity index (χ2v) is 5.05. The number of nitrogens with zero attached hydrogens (tertiary/aromatic N) is 2. The molecule has 1 heterocycles. The van der Waals surface area contributed by atoms with Crippen molar-refractivity contribution in [3.05, 3.63) is 0 Å². The van der Waals surface area contributed by atoms with Crippen molar-refractivity contribution in [1.29, 1.82) is 0 Å². The predicted molar refractivity (Wildman–Crippen MR) is 73.6 cm³/mol. The van der Waals surface area contributed by atoms with Gasteiger partial charge in [-0.1, -0.05) is 0 Å². The summed E-state index contributed by atoms with van der Waals surface area (Å²) in [6.07, 6.45) is 0.157. The average Bonchev–Trinajstić information content (AvgIpc) is 2.39. The topological polar surface area (TPSA) is 122 Å². The molecule has 4 N–H and O–H groups in total. The van der Waals surface area contributed by atoms with Crippen LogP contribution in [0, 0.1) is 0 Å². The van der Waals surface area contributed by atoms with E-state index in [1.54, 1.807) is 5.01 Å². The number of aliphatic carboxylic acids is 2. The summed E-state index contributed by atoms with van der Waals surface area (Å²) in [5.74, 6) is -2.16. The van der Waals surface area contributed by atoms with Gasteiger partial charge < -0.3 is 20.4 Å². The zero-order valence-corrected chi connectivity index (χ0v) is 12.0. The normalized spacial score (nSPS) is 18.0. The van der Waals surface area contributed by atoms with E-state index in [9.17, 15) is 14.4 Å². The van der Waals surface area contributed by atoms with Crippen molar-refractivity contribution >= 4 is 18.0 Å². The van der Waals surface area contributed by atoms with Gasteiger partial charge in [-0.15, -0.1) is 0 Å².